The summed E-state index contributed by atoms with van der Waals surface area (Å²) in [4.78, 5) is 24.5. The quantitative estimate of drug-likeness (QED) is 0.358. The molecule has 1 atom stereocenters. The van der Waals surface area contributed by atoms with Crippen molar-refractivity contribution in [2.45, 2.75) is 39.5 Å². The summed E-state index contributed by atoms with van der Waals surface area (Å²) < 4.78 is 11.9. The molecule has 8 heteroatoms. The van der Waals surface area contributed by atoms with E-state index in [1.54, 1.807) is 24.3 Å². The molecule has 2 heterocycles. The molecule has 1 amide bonds. The third kappa shape index (κ3) is 6.37. The van der Waals surface area contributed by atoms with Crippen molar-refractivity contribution in [3.63, 3.8) is 0 Å². The minimum Gasteiger partial charge on any atom is -0.489 e. The zero-order chi connectivity index (χ0) is 27.4. The number of anilines is 1. The number of piperazine rings is 1. The maximum atomic E-state index is 12.8. The largest absolute Gasteiger partial charge is 0.489 e. The molecule has 0 spiro atoms. The fourth-order valence-corrected chi connectivity index (χ4v) is 5.17. The molecule has 0 N–H and O–H groups in total. The summed E-state index contributed by atoms with van der Waals surface area (Å²) in [7, 11) is 0. The van der Waals surface area contributed by atoms with Crippen LogP contribution in [0.3, 0.4) is 0 Å². The first-order chi connectivity index (χ1) is 18.9. The molecule has 3 aromatic carbocycles. The molecule has 2 aliphatic heterocycles. The van der Waals surface area contributed by atoms with E-state index in [4.69, 9.17) is 26.1 Å². The second-order valence-electron chi connectivity index (χ2n) is 10.2. The number of amidine groups is 1. The summed E-state index contributed by atoms with van der Waals surface area (Å²) in [6.45, 7) is 9.82. The zero-order valence-electron chi connectivity index (χ0n) is 22.7. The van der Waals surface area contributed by atoms with Crippen LogP contribution in [0.25, 0.3) is 0 Å². The predicted molar refractivity (Wildman–Crippen MR) is 156 cm³/mol. The lowest BCUT2D eigenvalue weighted by Crippen LogP contribution is -2.56. The number of nitrogens with zero attached hydrogens (tertiary/aromatic N) is 4. The van der Waals surface area contributed by atoms with E-state index < -0.39 is 0 Å². The van der Waals surface area contributed by atoms with Gasteiger partial charge >= 0.3 is 0 Å². The van der Waals surface area contributed by atoms with Crippen molar-refractivity contribution in [1.82, 2.24) is 9.80 Å². The van der Waals surface area contributed by atoms with Crippen LogP contribution < -0.4 is 14.4 Å². The molecule has 1 saturated heterocycles. The normalized spacial score (nSPS) is 16.5. The molecule has 1 unspecified atom stereocenters. The third-order valence-corrected chi connectivity index (χ3v) is 7.37. The van der Waals surface area contributed by atoms with Gasteiger partial charge in [-0.3, -0.25) is 9.69 Å². The highest BCUT2D eigenvalue weighted by molar-refractivity contribution is 6.30. The number of carbonyl (C=O) groups excluding carboxylic acids is 1. The molecule has 0 aliphatic carbocycles. The van der Waals surface area contributed by atoms with Crippen molar-refractivity contribution in [3.05, 3.63) is 83.4 Å². The SMILES string of the molecule is CC(C)Oc1ccccc1N1Cc2ccccc2N=C1C(C)N1CCN(C(=O)COc2ccc(Cl)cc2)CC1. The highest BCUT2D eigenvalue weighted by atomic mass is 35.5. The molecule has 204 valence electrons. The Kier molecular flexibility index (Phi) is 8.38. The minimum atomic E-state index is -0.0115. The van der Waals surface area contributed by atoms with Gasteiger partial charge in [-0.25, -0.2) is 4.99 Å². The molecule has 39 heavy (non-hydrogen) atoms. The maximum Gasteiger partial charge on any atom is 0.260 e. The zero-order valence-corrected chi connectivity index (χ0v) is 23.5. The van der Waals surface area contributed by atoms with Gasteiger partial charge in [-0.2, -0.15) is 0 Å². The number of aliphatic imine (C=N–C) groups is 1. The Hall–Kier alpha value is -3.55. The van der Waals surface area contributed by atoms with E-state index in [1.807, 2.05) is 43.0 Å². The van der Waals surface area contributed by atoms with Gasteiger partial charge in [0.15, 0.2) is 6.61 Å². The number of ether oxygens (including phenoxy) is 2. The average Bonchev–Trinajstić information content (AvgIpc) is 2.96. The fourth-order valence-electron chi connectivity index (χ4n) is 5.04. The van der Waals surface area contributed by atoms with Crippen molar-refractivity contribution < 1.29 is 14.3 Å². The van der Waals surface area contributed by atoms with Gasteiger partial charge in [0.1, 0.15) is 17.3 Å². The number of carbonyl (C=O) groups is 1. The molecule has 2 aliphatic rings. The molecule has 3 aromatic rings. The molecular formula is C31H35ClN4O3. The summed E-state index contributed by atoms with van der Waals surface area (Å²) in [5, 5.41) is 0.638. The summed E-state index contributed by atoms with van der Waals surface area (Å²) >= 11 is 5.93. The fraction of sp³-hybridized carbons (Fsp3) is 0.355. The Morgan fingerprint density at radius 2 is 1.62 bits per heavy atom. The molecule has 0 radical (unpaired) electrons. The Balaban J connectivity index is 1.29. The van der Waals surface area contributed by atoms with Crippen molar-refractivity contribution in [1.29, 1.82) is 0 Å². The first-order valence-corrected chi connectivity index (χ1v) is 13.9. The maximum absolute atomic E-state index is 12.8. The Morgan fingerprint density at radius 3 is 2.36 bits per heavy atom. The van der Waals surface area contributed by atoms with E-state index in [2.05, 4.69) is 41.0 Å². The summed E-state index contributed by atoms with van der Waals surface area (Å²) in [5.74, 6) is 2.46. The van der Waals surface area contributed by atoms with Gasteiger partial charge in [0.05, 0.1) is 30.1 Å². The number of hydrogen-bond acceptors (Lipinski definition) is 6. The number of amides is 1. The van der Waals surface area contributed by atoms with E-state index in [1.165, 1.54) is 5.56 Å². The van der Waals surface area contributed by atoms with E-state index in [-0.39, 0.29) is 24.7 Å². The van der Waals surface area contributed by atoms with Gasteiger partial charge in [-0.1, -0.05) is 41.9 Å². The summed E-state index contributed by atoms with van der Waals surface area (Å²) in [6, 6.07) is 23.6. The smallest absolute Gasteiger partial charge is 0.260 e. The number of rotatable bonds is 8. The topological polar surface area (TPSA) is 57.6 Å². The lowest BCUT2D eigenvalue weighted by Gasteiger charge is -2.42. The van der Waals surface area contributed by atoms with Crippen LogP contribution in [0.2, 0.25) is 5.02 Å². The third-order valence-electron chi connectivity index (χ3n) is 7.11. The van der Waals surface area contributed by atoms with Crippen LogP contribution >= 0.6 is 11.6 Å². The van der Waals surface area contributed by atoms with E-state index >= 15 is 0 Å². The standard InChI is InChI=1S/C31H35ClN4O3/c1-22(2)39-29-11-7-6-10-28(29)36-20-24-8-4-5-9-27(24)33-31(36)23(3)34-16-18-35(19-17-34)30(37)21-38-26-14-12-25(32)13-15-26/h4-15,22-23H,16-21H2,1-3H3. The Labute approximate surface area is 235 Å². The molecule has 1 fully saturated rings. The van der Waals surface area contributed by atoms with Crippen LogP contribution in [0.15, 0.2) is 77.8 Å². The Bertz CT molecular complexity index is 1320. The second kappa shape index (κ2) is 12.1. The van der Waals surface area contributed by atoms with Gasteiger partial charge in [-0.15, -0.1) is 0 Å². The molecule has 0 bridgehead atoms. The number of halogens is 1. The average molecular weight is 547 g/mol. The molecule has 0 aromatic heterocycles. The minimum absolute atomic E-state index is 0.0115. The predicted octanol–water partition coefficient (Wildman–Crippen LogP) is 5.79. The van der Waals surface area contributed by atoms with Crippen molar-refractivity contribution in [3.8, 4) is 11.5 Å². The van der Waals surface area contributed by atoms with Crippen LogP contribution in [0.5, 0.6) is 11.5 Å². The summed E-state index contributed by atoms with van der Waals surface area (Å²) in [6.07, 6.45) is 0.0651. The van der Waals surface area contributed by atoms with E-state index in [0.717, 1.165) is 42.6 Å². The molecule has 7 nitrogen and oxygen atoms in total. The highest BCUT2D eigenvalue weighted by Crippen LogP contribution is 2.36. The van der Waals surface area contributed by atoms with Crippen LogP contribution in [-0.4, -0.2) is 66.5 Å². The number of benzene rings is 3. The second-order valence-corrected chi connectivity index (χ2v) is 10.6. The molecular weight excluding hydrogens is 512 g/mol. The molecule has 5 rings (SSSR count). The van der Waals surface area contributed by atoms with Crippen LogP contribution in [0.1, 0.15) is 26.3 Å². The van der Waals surface area contributed by atoms with Gasteiger partial charge in [0.25, 0.3) is 5.91 Å². The van der Waals surface area contributed by atoms with Crippen LogP contribution in [0.4, 0.5) is 11.4 Å². The lowest BCUT2D eigenvalue weighted by molar-refractivity contribution is -0.135. The van der Waals surface area contributed by atoms with Crippen LogP contribution in [-0.2, 0) is 11.3 Å². The highest BCUT2D eigenvalue weighted by Gasteiger charge is 2.32. The summed E-state index contributed by atoms with van der Waals surface area (Å²) in [5.41, 5.74) is 3.20. The number of para-hydroxylation sites is 3. The number of fused-ring (bicyclic) bond motifs is 1. The van der Waals surface area contributed by atoms with Gasteiger partial charge in [0, 0.05) is 31.2 Å². The van der Waals surface area contributed by atoms with Crippen molar-refractivity contribution in [2.75, 3.05) is 37.7 Å². The first kappa shape index (κ1) is 27.0. The van der Waals surface area contributed by atoms with Crippen molar-refractivity contribution in [2.24, 2.45) is 4.99 Å². The first-order valence-electron chi connectivity index (χ1n) is 13.5. The van der Waals surface area contributed by atoms with Gasteiger partial charge in [0.2, 0.25) is 0 Å². The lowest BCUT2D eigenvalue weighted by atomic mass is 10.1. The monoisotopic (exact) mass is 546 g/mol. The van der Waals surface area contributed by atoms with Crippen molar-refractivity contribution >= 4 is 34.7 Å². The molecule has 0 saturated carbocycles. The van der Waals surface area contributed by atoms with Gasteiger partial charge in [-0.05, 0) is 68.8 Å². The van der Waals surface area contributed by atoms with E-state index in [9.17, 15) is 4.79 Å². The van der Waals surface area contributed by atoms with E-state index in [0.29, 0.717) is 23.9 Å². The Morgan fingerprint density at radius 1 is 0.923 bits per heavy atom. The number of hydrogen-bond donors (Lipinski definition) is 0. The van der Waals surface area contributed by atoms with Crippen LogP contribution in [0, 0.1) is 0 Å². The van der Waals surface area contributed by atoms with Gasteiger partial charge < -0.3 is 19.3 Å².